The molecular weight excluding hydrogens is 296 g/mol. The van der Waals surface area contributed by atoms with Gasteiger partial charge in [-0.05, 0) is 50.8 Å². The second kappa shape index (κ2) is 8.06. The lowest BCUT2D eigenvalue weighted by Gasteiger charge is -2.27. The molecule has 6 nitrogen and oxygen atoms in total. The number of carbonyl (C=O) groups excluding carboxylic acids is 1. The molecule has 1 aliphatic rings. The summed E-state index contributed by atoms with van der Waals surface area (Å²) in [6, 6.07) is 5.21. The molecule has 1 atom stereocenters. The monoisotopic (exact) mass is 322 g/mol. The van der Waals surface area contributed by atoms with E-state index in [1.807, 2.05) is 25.1 Å². The predicted molar refractivity (Wildman–Crippen MR) is 87.9 cm³/mol. The van der Waals surface area contributed by atoms with E-state index >= 15 is 0 Å². The lowest BCUT2D eigenvalue weighted by Crippen LogP contribution is -2.44. The fourth-order valence-corrected chi connectivity index (χ4v) is 2.90. The van der Waals surface area contributed by atoms with E-state index in [1.54, 1.807) is 14.2 Å². The van der Waals surface area contributed by atoms with Crippen LogP contribution in [-0.4, -0.2) is 37.5 Å². The molecule has 3 N–H and O–H groups in total. The molecule has 0 bridgehead atoms. The first kappa shape index (κ1) is 17.4. The van der Waals surface area contributed by atoms with E-state index in [0.29, 0.717) is 5.75 Å². The Morgan fingerprint density at radius 2 is 1.91 bits per heavy atom. The van der Waals surface area contributed by atoms with Crippen LogP contribution in [-0.2, 0) is 0 Å². The lowest BCUT2D eigenvalue weighted by atomic mass is 9.93. The van der Waals surface area contributed by atoms with Crippen molar-refractivity contribution in [3.8, 4) is 11.5 Å². The van der Waals surface area contributed by atoms with Crippen LogP contribution in [0, 0.1) is 0 Å². The van der Waals surface area contributed by atoms with Crippen LogP contribution in [0.1, 0.15) is 44.2 Å². The van der Waals surface area contributed by atoms with Crippen molar-refractivity contribution in [2.75, 3.05) is 14.2 Å². The van der Waals surface area contributed by atoms with Crippen molar-refractivity contribution in [3.05, 3.63) is 23.8 Å². The second-order valence-electron chi connectivity index (χ2n) is 5.95. The molecule has 1 unspecified atom stereocenters. The minimum atomic E-state index is -0.226. The number of urea groups is 1. The highest BCUT2D eigenvalue weighted by atomic mass is 16.5. The summed E-state index contributed by atoms with van der Waals surface area (Å²) in [6.07, 6.45) is 2.88. The summed E-state index contributed by atoms with van der Waals surface area (Å²) in [5.41, 5.74) is 0.862. The molecule has 0 radical (unpaired) electrons. The van der Waals surface area contributed by atoms with Gasteiger partial charge in [0.1, 0.15) is 11.5 Å². The number of methoxy groups -OCH3 is 2. The van der Waals surface area contributed by atoms with Crippen molar-refractivity contribution in [1.82, 2.24) is 10.6 Å². The Hall–Kier alpha value is -1.95. The SMILES string of the molecule is COc1ccc(OC)c(C(C)NC(=O)NC2CCC(O)CC2)c1. The summed E-state index contributed by atoms with van der Waals surface area (Å²) < 4.78 is 10.6. The van der Waals surface area contributed by atoms with E-state index in [2.05, 4.69) is 10.6 Å². The summed E-state index contributed by atoms with van der Waals surface area (Å²) in [6.45, 7) is 1.90. The number of nitrogens with one attached hydrogen (secondary N) is 2. The van der Waals surface area contributed by atoms with Gasteiger partial charge in [-0.3, -0.25) is 0 Å². The summed E-state index contributed by atoms with van der Waals surface area (Å²) in [5.74, 6) is 1.43. The van der Waals surface area contributed by atoms with Gasteiger partial charge < -0.3 is 25.2 Å². The first-order chi connectivity index (χ1) is 11.0. The van der Waals surface area contributed by atoms with Gasteiger partial charge in [-0.1, -0.05) is 0 Å². The molecule has 0 spiro atoms. The molecule has 0 heterocycles. The maximum atomic E-state index is 12.2. The van der Waals surface area contributed by atoms with E-state index < -0.39 is 0 Å². The van der Waals surface area contributed by atoms with Gasteiger partial charge in [-0.15, -0.1) is 0 Å². The number of aliphatic hydroxyl groups excluding tert-OH is 1. The van der Waals surface area contributed by atoms with Gasteiger partial charge >= 0.3 is 6.03 Å². The van der Waals surface area contributed by atoms with Crippen molar-refractivity contribution < 1.29 is 19.4 Å². The highest BCUT2D eigenvalue weighted by Crippen LogP contribution is 2.29. The summed E-state index contributed by atoms with van der Waals surface area (Å²) in [7, 11) is 3.21. The number of amides is 2. The molecular formula is C17H26N2O4. The zero-order valence-electron chi connectivity index (χ0n) is 14.0. The molecule has 1 aromatic rings. The number of ether oxygens (including phenoxy) is 2. The Kier molecular flexibility index (Phi) is 6.10. The number of hydrogen-bond donors (Lipinski definition) is 3. The highest BCUT2D eigenvalue weighted by molar-refractivity contribution is 5.75. The molecule has 23 heavy (non-hydrogen) atoms. The van der Waals surface area contributed by atoms with Crippen molar-refractivity contribution in [3.63, 3.8) is 0 Å². The van der Waals surface area contributed by atoms with Gasteiger partial charge in [0.25, 0.3) is 0 Å². The molecule has 0 saturated heterocycles. The minimum absolute atomic E-state index is 0.123. The number of aliphatic hydroxyl groups is 1. The van der Waals surface area contributed by atoms with Gasteiger partial charge in [0.2, 0.25) is 0 Å². The number of carbonyl (C=O) groups is 1. The molecule has 1 aromatic carbocycles. The zero-order chi connectivity index (χ0) is 16.8. The zero-order valence-corrected chi connectivity index (χ0v) is 14.0. The van der Waals surface area contributed by atoms with Crippen LogP contribution in [0.15, 0.2) is 18.2 Å². The molecule has 6 heteroatoms. The van der Waals surface area contributed by atoms with E-state index in [1.165, 1.54) is 0 Å². The quantitative estimate of drug-likeness (QED) is 0.777. The molecule has 1 aliphatic carbocycles. The predicted octanol–water partition coefficient (Wildman–Crippen LogP) is 2.37. The fraction of sp³-hybridized carbons (Fsp3) is 0.588. The van der Waals surface area contributed by atoms with Crippen molar-refractivity contribution >= 4 is 6.03 Å². The first-order valence-corrected chi connectivity index (χ1v) is 8.00. The number of benzene rings is 1. The van der Waals surface area contributed by atoms with Crippen LogP contribution in [0.5, 0.6) is 11.5 Å². The van der Waals surface area contributed by atoms with Gasteiger partial charge in [0.05, 0.1) is 26.4 Å². The lowest BCUT2D eigenvalue weighted by molar-refractivity contribution is 0.117. The van der Waals surface area contributed by atoms with E-state index in [4.69, 9.17) is 9.47 Å². The maximum Gasteiger partial charge on any atom is 0.315 e. The van der Waals surface area contributed by atoms with Crippen molar-refractivity contribution in [2.24, 2.45) is 0 Å². The summed E-state index contributed by atoms with van der Waals surface area (Å²) in [5, 5.41) is 15.4. The third-order valence-electron chi connectivity index (χ3n) is 4.28. The van der Waals surface area contributed by atoms with Crippen molar-refractivity contribution in [1.29, 1.82) is 0 Å². The van der Waals surface area contributed by atoms with Crippen LogP contribution in [0.4, 0.5) is 4.79 Å². The van der Waals surface area contributed by atoms with Crippen molar-refractivity contribution in [2.45, 2.75) is 50.8 Å². The number of rotatable bonds is 5. The minimum Gasteiger partial charge on any atom is -0.497 e. The van der Waals surface area contributed by atoms with Crippen LogP contribution >= 0.6 is 0 Å². The number of hydrogen-bond acceptors (Lipinski definition) is 4. The Balaban J connectivity index is 1.95. The average Bonchev–Trinajstić information content (AvgIpc) is 2.56. The fourth-order valence-electron chi connectivity index (χ4n) is 2.90. The first-order valence-electron chi connectivity index (χ1n) is 8.00. The van der Waals surface area contributed by atoms with Crippen LogP contribution in [0.2, 0.25) is 0 Å². The molecule has 2 amide bonds. The summed E-state index contributed by atoms with van der Waals surface area (Å²) in [4.78, 5) is 12.2. The van der Waals surface area contributed by atoms with Gasteiger partial charge in [-0.2, -0.15) is 0 Å². The van der Waals surface area contributed by atoms with Crippen LogP contribution in [0.25, 0.3) is 0 Å². The molecule has 0 aliphatic heterocycles. The third kappa shape index (κ3) is 4.76. The van der Waals surface area contributed by atoms with E-state index in [0.717, 1.165) is 37.0 Å². The molecule has 128 valence electrons. The molecule has 2 rings (SSSR count). The Bertz CT molecular complexity index is 527. The molecule has 1 fully saturated rings. The third-order valence-corrected chi connectivity index (χ3v) is 4.28. The van der Waals surface area contributed by atoms with Gasteiger partial charge in [-0.25, -0.2) is 4.79 Å². The molecule has 1 saturated carbocycles. The van der Waals surface area contributed by atoms with E-state index in [9.17, 15) is 9.90 Å². The second-order valence-corrected chi connectivity index (χ2v) is 5.95. The smallest absolute Gasteiger partial charge is 0.315 e. The summed E-state index contributed by atoms with van der Waals surface area (Å²) >= 11 is 0. The highest BCUT2D eigenvalue weighted by Gasteiger charge is 2.22. The largest absolute Gasteiger partial charge is 0.497 e. The topological polar surface area (TPSA) is 79.8 Å². The Morgan fingerprint density at radius 3 is 2.52 bits per heavy atom. The normalized spacial score (nSPS) is 22.1. The standard InChI is InChI=1S/C17H26N2O4/c1-11(15-10-14(22-2)8-9-16(15)23-3)18-17(21)19-12-4-6-13(20)7-5-12/h8-13,20H,4-7H2,1-3H3,(H2,18,19,21). The maximum absolute atomic E-state index is 12.2. The molecule has 0 aromatic heterocycles. The van der Waals surface area contributed by atoms with E-state index in [-0.39, 0.29) is 24.2 Å². The Labute approximate surface area is 137 Å². The van der Waals surface area contributed by atoms with Crippen LogP contribution in [0.3, 0.4) is 0 Å². The average molecular weight is 322 g/mol. The van der Waals surface area contributed by atoms with Crippen LogP contribution < -0.4 is 20.1 Å². The van der Waals surface area contributed by atoms with Gasteiger partial charge in [0, 0.05) is 11.6 Å². The van der Waals surface area contributed by atoms with Gasteiger partial charge in [0.15, 0.2) is 0 Å². The Morgan fingerprint density at radius 1 is 1.22 bits per heavy atom.